The van der Waals surface area contributed by atoms with Crippen molar-refractivity contribution in [3.63, 3.8) is 0 Å². The highest BCUT2D eigenvalue weighted by atomic mass is 19.1. The van der Waals surface area contributed by atoms with Gasteiger partial charge in [-0.3, -0.25) is 0 Å². The van der Waals surface area contributed by atoms with Crippen LogP contribution in [0.3, 0.4) is 0 Å². The minimum absolute atomic E-state index is 0.266. The first kappa shape index (κ1) is 9.51. The zero-order valence-corrected chi connectivity index (χ0v) is 7.30. The van der Waals surface area contributed by atoms with Gasteiger partial charge < -0.3 is 11.1 Å². The number of carbonyl (C=O) groups excluding carboxylic acids is 1. The molecule has 13 heavy (non-hydrogen) atoms. The number of primary amides is 1. The Morgan fingerprint density at radius 2 is 2.31 bits per heavy atom. The van der Waals surface area contributed by atoms with Gasteiger partial charge in [0.15, 0.2) is 0 Å². The second-order valence-corrected chi connectivity index (χ2v) is 2.65. The molecule has 2 amide bonds. The number of halogens is 1. The molecule has 0 aliphatic heterocycles. The summed E-state index contributed by atoms with van der Waals surface area (Å²) in [5, 5.41) is 2.38. The normalized spacial score (nSPS) is 9.69. The minimum atomic E-state index is -0.645. The summed E-state index contributed by atoms with van der Waals surface area (Å²) in [7, 11) is 0. The smallest absolute Gasteiger partial charge is 0.316 e. The summed E-state index contributed by atoms with van der Waals surface area (Å²) in [5.74, 6) is -0.266. The van der Waals surface area contributed by atoms with Crippen LogP contribution in [0.25, 0.3) is 0 Å². The summed E-state index contributed by atoms with van der Waals surface area (Å²) in [4.78, 5) is 10.5. The van der Waals surface area contributed by atoms with Crippen LogP contribution < -0.4 is 11.1 Å². The van der Waals surface area contributed by atoms with Crippen LogP contribution in [0.5, 0.6) is 0 Å². The van der Waals surface area contributed by atoms with Crippen LogP contribution >= 0.6 is 0 Å². The van der Waals surface area contributed by atoms with Gasteiger partial charge in [-0.25, -0.2) is 9.18 Å². The quantitative estimate of drug-likeness (QED) is 0.720. The van der Waals surface area contributed by atoms with E-state index in [4.69, 9.17) is 5.73 Å². The summed E-state index contributed by atoms with van der Waals surface area (Å²) in [5.41, 5.74) is 5.99. The molecule has 0 unspecified atom stereocenters. The number of nitrogens with one attached hydrogen (secondary N) is 1. The standard InChI is InChI=1S/C9H11FN2O/c1-2-6-5-7(12-9(11)13)3-4-8(6)10/h3-5H,2H2,1H3,(H3,11,12,13). The summed E-state index contributed by atoms with van der Waals surface area (Å²) in [6.45, 7) is 1.84. The maximum Gasteiger partial charge on any atom is 0.316 e. The van der Waals surface area contributed by atoms with Gasteiger partial charge in [0.25, 0.3) is 0 Å². The maximum absolute atomic E-state index is 13.0. The number of anilines is 1. The lowest BCUT2D eigenvalue weighted by Gasteiger charge is -2.04. The number of aryl methyl sites for hydroxylation is 1. The Balaban J connectivity index is 2.92. The number of carbonyl (C=O) groups is 1. The van der Waals surface area contributed by atoms with Crippen LogP contribution in [0.2, 0.25) is 0 Å². The second-order valence-electron chi connectivity index (χ2n) is 2.65. The van der Waals surface area contributed by atoms with Crippen molar-refractivity contribution in [2.24, 2.45) is 5.73 Å². The van der Waals surface area contributed by atoms with Crippen molar-refractivity contribution in [1.82, 2.24) is 0 Å². The number of amides is 2. The Morgan fingerprint density at radius 1 is 1.62 bits per heavy atom. The summed E-state index contributed by atoms with van der Waals surface area (Å²) < 4.78 is 13.0. The van der Waals surface area contributed by atoms with E-state index in [0.29, 0.717) is 17.7 Å². The Kier molecular flexibility index (Phi) is 2.84. The lowest BCUT2D eigenvalue weighted by Crippen LogP contribution is -2.19. The number of nitrogens with two attached hydrogens (primary N) is 1. The van der Waals surface area contributed by atoms with E-state index in [1.165, 1.54) is 12.1 Å². The molecule has 0 aliphatic carbocycles. The van der Waals surface area contributed by atoms with Gasteiger partial charge in [0.05, 0.1) is 0 Å². The third-order valence-electron chi connectivity index (χ3n) is 1.69. The molecule has 0 saturated heterocycles. The topological polar surface area (TPSA) is 55.1 Å². The van der Waals surface area contributed by atoms with Gasteiger partial charge in [0.2, 0.25) is 0 Å². The average molecular weight is 182 g/mol. The van der Waals surface area contributed by atoms with Crippen molar-refractivity contribution in [1.29, 1.82) is 0 Å². The number of urea groups is 1. The van der Waals surface area contributed by atoms with E-state index < -0.39 is 6.03 Å². The molecule has 0 radical (unpaired) electrons. The molecule has 0 fully saturated rings. The van der Waals surface area contributed by atoms with Gasteiger partial charge in [-0.05, 0) is 30.2 Å². The number of rotatable bonds is 2. The Morgan fingerprint density at radius 3 is 2.85 bits per heavy atom. The molecule has 0 atom stereocenters. The summed E-state index contributed by atoms with van der Waals surface area (Å²) in [6, 6.07) is 3.71. The zero-order valence-electron chi connectivity index (χ0n) is 7.30. The second kappa shape index (κ2) is 3.89. The average Bonchev–Trinajstić information content (AvgIpc) is 2.07. The third-order valence-corrected chi connectivity index (χ3v) is 1.69. The molecule has 0 aliphatic rings. The molecular formula is C9H11FN2O. The number of hydrogen-bond acceptors (Lipinski definition) is 1. The summed E-state index contributed by atoms with van der Waals surface area (Å²) >= 11 is 0. The van der Waals surface area contributed by atoms with Gasteiger partial charge in [0.1, 0.15) is 5.82 Å². The fraction of sp³-hybridized carbons (Fsp3) is 0.222. The van der Waals surface area contributed by atoms with E-state index in [2.05, 4.69) is 5.32 Å². The fourth-order valence-corrected chi connectivity index (χ4v) is 1.07. The van der Waals surface area contributed by atoms with Crippen molar-refractivity contribution < 1.29 is 9.18 Å². The van der Waals surface area contributed by atoms with Crippen LogP contribution in [0, 0.1) is 5.82 Å². The predicted molar refractivity (Wildman–Crippen MR) is 49.0 cm³/mol. The molecule has 4 heteroatoms. The first-order valence-corrected chi connectivity index (χ1v) is 3.98. The van der Waals surface area contributed by atoms with E-state index in [1.54, 1.807) is 6.07 Å². The zero-order chi connectivity index (χ0) is 9.84. The lowest BCUT2D eigenvalue weighted by atomic mass is 10.1. The van der Waals surface area contributed by atoms with Crippen LogP contribution in [0.4, 0.5) is 14.9 Å². The van der Waals surface area contributed by atoms with E-state index in [0.717, 1.165) is 0 Å². The molecule has 0 heterocycles. The molecule has 1 rings (SSSR count). The van der Waals surface area contributed by atoms with E-state index in [-0.39, 0.29) is 5.82 Å². The molecule has 3 nitrogen and oxygen atoms in total. The van der Waals surface area contributed by atoms with E-state index >= 15 is 0 Å². The van der Waals surface area contributed by atoms with Crippen LogP contribution in [-0.4, -0.2) is 6.03 Å². The Labute approximate surface area is 75.7 Å². The van der Waals surface area contributed by atoms with Crippen molar-refractivity contribution in [2.75, 3.05) is 5.32 Å². The van der Waals surface area contributed by atoms with Gasteiger partial charge >= 0.3 is 6.03 Å². The molecule has 0 spiro atoms. The van der Waals surface area contributed by atoms with Gasteiger partial charge in [-0.15, -0.1) is 0 Å². The Bertz CT molecular complexity index is 325. The predicted octanol–water partition coefficient (Wildman–Crippen LogP) is 1.88. The lowest BCUT2D eigenvalue weighted by molar-refractivity contribution is 0.259. The van der Waals surface area contributed by atoms with Crippen molar-refractivity contribution in [2.45, 2.75) is 13.3 Å². The number of hydrogen-bond donors (Lipinski definition) is 2. The van der Waals surface area contributed by atoms with Crippen molar-refractivity contribution in [3.05, 3.63) is 29.6 Å². The van der Waals surface area contributed by atoms with E-state index in [1.807, 2.05) is 6.92 Å². The van der Waals surface area contributed by atoms with Crippen LogP contribution in [-0.2, 0) is 6.42 Å². The fourth-order valence-electron chi connectivity index (χ4n) is 1.07. The molecular weight excluding hydrogens is 171 g/mol. The molecule has 3 N–H and O–H groups in total. The van der Waals surface area contributed by atoms with Crippen molar-refractivity contribution in [3.8, 4) is 0 Å². The molecule has 1 aromatic carbocycles. The SMILES string of the molecule is CCc1cc(NC(N)=O)ccc1F. The monoisotopic (exact) mass is 182 g/mol. The minimum Gasteiger partial charge on any atom is -0.351 e. The van der Waals surface area contributed by atoms with Gasteiger partial charge in [0, 0.05) is 5.69 Å². The molecule has 70 valence electrons. The largest absolute Gasteiger partial charge is 0.351 e. The molecule has 1 aromatic rings. The van der Waals surface area contributed by atoms with E-state index in [9.17, 15) is 9.18 Å². The van der Waals surface area contributed by atoms with Gasteiger partial charge in [-0.2, -0.15) is 0 Å². The highest BCUT2D eigenvalue weighted by molar-refractivity contribution is 5.87. The van der Waals surface area contributed by atoms with Crippen LogP contribution in [0.15, 0.2) is 18.2 Å². The third kappa shape index (κ3) is 2.43. The highest BCUT2D eigenvalue weighted by Gasteiger charge is 2.02. The summed E-state index contributed by atoms with van der Waals surface area (Å²) in [6.07, 6.45) is 0.583. The molecule has 0 bridgehead atoms. The molecule has 0 aromatic heterocycles. The first-order chi connectivity index (χ1) is 6.13. The first-order valence-electron chi connectivity index (χ1n) is 3.98. The van der Waals surface area contributed by atoms with Gasteiger partial charge in [-0.1, -0.05) is 6.92 Å². The Hall–Kier alpha value is -1.58. The van der Waals surface area contributed by atoms with Crippen LogP contribution in [0.1, 0.15) is 12.5 Å². The van der Waals surface area contributed by atoms with Crippen molar-refractivity contribution >= 4 is 11.7 Å². The molecule has 0 saturated carbocycles. The highest BCUT2D eigenvalue weighted by Crippen LogP contribution is 2.14. The maximum atomic E-state index is 13.0. The number of benzene rings is 1.